The fourth-order valence-corrected chi connectivity index (χ4v) is 4.40. The largest absolute Gasteiger partial charge is 0.457 e. The minimum atomic E-state index is -0.652. The van der Waals surface area contributed by atoms with E-state index in [-0.39, 0.29) is 36.0 Å². The molecule has 0 aliphatic carbocycles. The lowest BCUT2D eigenvalue weighted by Crippen LogP contribution is -2.50. The predicted molar refractivity (Wildman–Crippen MR) is 131 cm³/mol. The first kappa shape index (κ1) is 25.3. The Morgan fingerprint density at radius 1 is 1.19 bits per heavy atom. The molecule has 2 heterocycles. The molecule has 0 unspecified atom stereocenters. The third-order valence-corrected chi connectivity index (χ3v) is 6.37. The summed E-state index contributed by atoms with van der Waals surface area (Å²) in [6, 6.07) is 11.3. The second-order valence-corrected chi connectivity index (χ2v) is 8.77. The van der Waals surface area contributed by atoms with Crippen LogP contribution in [0.1, 0.15) is 28.8 Å². The van der Waals surface area contributed by atoms with Gasteiger partial charge in [-0.15, -0.1) is 6.58 Å². The molecule has 36 heavy (non-hydrogen) atoms. The lowest BCUT2D eigenvalue weighted by Gasteiger charge is -2.38. The molecule has 2 amide bonds. The van der Waals surface area contributed by atoms with Gasteiger partial charge in [-0.1, -0.05) is 24.3 Å². The van der Waals surface area contributed by atoms with Crippen molar-refractivity contribution in [1.29, 1.82) is 0 Å². The minimum Gasteiger partial charge on any atom is -0.457 e. The molecule has 0 aromatic heterocycles. The number of likely N-dealkylation sites (tertiary alicyclic amines) is 1. The minimum absolute atomic E-state index is 0.0502. The van der Waals surface area contributed by atoms with Crippen molar-refractivity contribution >= 4 is 17.5 Å². The molecule has 2 aliphatic rings. The van der Waals surface area contributed by atoms with Gasteiger partial charge in [0.25, 0.3) is 11.6 Å². The zero-order valence-electron chi connectivity index (χ0n) is 20.2. The van der Waals surface area contributed by atoms with E-state index in [2.05, 4.69) is 6.58 Å². The molecule has 2 aliphatic heterocycles. The topological polar surface area (TPSA) is 111 Å². The van der Waals surface area contributed by atoms with Crippen LogP contribution < -0.4 is 4.74 Å². The Labute approximate surface area is 209 Å². The average Bonchev–Trinajstić information content (AvgIpc) is 3.32. The van der Waals surface area contributed by atoms with Gasteiger partial charge in [0.15, 0.2) is 5.79 Å². The van der Waals surface area contributed by atoms with Crippen molar-refractivity contribution in [2.45, 2.75) is 25.6 Å². The van der Waals surface area contributed by atoms with Gasteiger partial charge in [0, 0.05) is 44.6 Å². The van der Waals surface area contributed by atoms with Gasteiger partial charge in [0.2, 0.25) is 5.91 Å². The molecule has 0 radical (unpaired) electrons. The van der Waals surface area contributed by atoms with Crippen molar-refractivity contribution in [3.8, 4) is 11.5 Å². The maximum Gasteiger partial charge on any atom is 0.282 e. The lowest BCUT2D eigenvalue weighted by atomic mass is 10.0. The Bertz CT molecular complexity index is 1150. The highest BCUT2D eigenvalue weighted by Crippen LogP contribution is 2.32. The van der Waals surface area contributed by atoms with E-state index in [1.807, 2.05) is 25.1 Å². The number of aryl methyl sites for hydroxylation is 1. The summed E-state index contributed by atoms with van der Waals surface area (Å²) in [7, 11) is 0. The van der Waals surface area contributed by atoms with Crippen LogP contribution in [0.2, 0.25) is 0 Å². The third-order valence-electron chi connectivity index (χ3n) is 6.37. The number of ether oxygens (including phenoxy) is 3. The molecule has 0 N–H and O–H groups in total. The van der Waals surface area contributed by atoms with Crippen molar-refractivity contribution < 1.29 is 28.7 Å². The summed E-state index contributed by atoms with van der Waals surface area (Å²) >= 11 is 0. The van der Waals surface area contributed by atoms with Crippen LogP contribution in [0.4, 0.5) is 5.69 Å². The van der Waals surface area contributed by atoms with Crippen molar-refractivity contribution in [3.63, 3.8) is 0 Å². The molecule has 2 saturated heterocycles. The Balaban J connectivity index is 1.52. The summed E-state index contributed by atoms with van der Waals surface area (Å²) in [6.07, 6.45) is 2.59. The number of carbonyl (C=O) groups excluding carboxylic acids is 2. The summed E-state index contributed by atoms with van der Waals surface area (Å²) in [6.45, 7) is 7.32. The normalized spacial score (nSPS) is 16.5. The second kappa shape index (κ2) is 10.9. The third kappa shape index (κ3) is 5.55. The molecule has 190 valence electrons. The van der Waals surface area contributed by atoms with Crippen LogP contribution in [-0.2, 0) is 14.3 Å². The van der Waals surface area contributed by atoms with E-state index in [1.54, 1.807) is 11.0 Å². The molecule has 0 saturated carbocycles. The van der Waals surface area contributed by atoms with Gasteiger partial charge in [-0.2, -0.15) is 0 Å². The number of amides is 2. The quantitative estimate of drug-likeness (QED) is 0.312. The number of hydrogen-bond acceptors (Lipinski definition) is 7. The Hall–Kier alpha value is -3.76. The van der Waals surface area contributed by atoms with Gasteiger partial charge in [-0.05, 0) is 24.6 Å². The smallest absolute Gasteiger partial charge is 0.282 e. The Kier molecular flexibility index (Phi) is 7.66. The molecular weight excluding hydrogens is 466 g/mol. The van der Waals surface area contributed by atoms with Crippen LogP contribution in [0.3, 0.4) is 0 Å². The molecule has 4 rings (SSSR count). The molecular formula is C26H29N3O7. The van der Waals surface area contributed by atoms with E-state index >= 15 is 0 Å². The first-order valence-electron chi connectivity index (χ1n) is 11.8. The molecule has 0 bridgehead atoms. The lowest BCUT2D eigenvalue weighted by molar-refractivity contribution is -0.385. The van der Waals surface area contributed by atoms with Gasteiger partial charge in [-0.25, -0.2) is 0 Å². The Morgan fingerprint density at radius 2 is 1.89 bits per heavy atom. The molecule has 2 aromatic rings. The highest BCUT2D eigenvalue weighted by atomic mass is 16.7. The van der Waals surface area contributed by atoms with Crippen LogP contribution in [0.5, 0.6) is 11.5 Å². The van der Waals surface area contributed by atoms with E-state index in [1.165, 1.54) is 29.2 Å². The maximum absolute atomic E-state index is 13.5. The molecule has 2 aromatic carbocycles. The van der Waals surface area contributed by atoms with Gasteiger partial charge in [0.05, 0.1) is 18.1 Å². The molecule has 1 spiro atoms. The van der Waals surface area contributed by atoms with Crippen molar-refractivity contribution in [1.82, 2.24) is 9.80 Å². The highest BCUT2D eigenvalue weighted by Gasteiger charge is 2.41. The standard InChI is InChI=1S/C26H29N3O7/c1-3-12-28(18-24(30)27-13-10-26(11-14-27)34-15-16-35-26)25(31)21-17-20(8-9-22(21)29(32)33)36-23-7-5-4-6-19(23)2/h3-9,17H,1,10-16,18H2,2H3. The average molecular weight is 496 g/mol. The van der Waals surface area contributed by atoms with Gasteiger partial charge in [0.1, 0.15) is 23.6 Å². The van der Waals surface area contributed by atoms with Crippen molar-refractivity contribution in [2.24, 2.45) is 0 Å². The van der Waals surface area contributed by atoms with E-state index in [0.29, 0.717) is 44.9 Å². The SMILES string of the molecule is C=CCN(CC(=O)N1CCC2(CC1)OCCO2)C(=O)c1cc(Oc2ccccc2C)ccc1[N+](=O)[O-]. The van der Waals surface area contributed by atoms with Crippen LogP contribution in [0.25, 0.3) is 0 Å². The summed E-state index contributed by atoms with van der Waals surface area (Å²) < 4.78 is 17.3. The molecule has 2 fully saturated rings. The zero-order chi connectivity index (χ0) is 25.7. The van der Waals surface area contributed by atoms with Gasteiger partial charge in [-0.3, -0.25) is 19.7 Å². The van der Waals surface area contributed by atoms with Gasteiger partial charge < -0.3 is 24.0 Å². The van der Waals surface area contributed by atoms with E-state index < -0.39 is 16.6 Å². The van der Waals surface area contributed by atoms with Crippen LogP contribution in [0, 0.1) is 17.0 Å². The fraction of sp³-hybridized carbons (Fsp3) is 0.385. The van der Waals surface area contributed by atoms with E-state index in [0.717, 1.165) is 5.56 Å². The number of nitro benzene ring substituents is 1. The Morgan fingerprint density at radius 3 is 2.53 bits per heavy atom. The number of rotatable bonds is 8. The first-order chi connectivity index (χ1) is 17.3. The number of carbonyl (C=O) groups is 2. The zero-order valence-corrected chi connectivity index (χ0v) is 20.2. The van der Waals surface area contributed by atoms with Crippen molar-refractivity contribution in [3.05, 3.63) is 76.4 Å². The number of benzene rings is 2. The van der Waals surface area contributed by atoms with Crippen molar-refractivity contribution in [2.75, 3.05) is 39.4 Å². The summed E-state index contributed by atoms with van der Waals surface area (Å²) in [4.78, 5) is 40.5. The predicted octanol–water partition coefficient (Wildman–Crippen LogP) is 3.69. The molecule has 0 atom stereocenters. The summed E-state index contributed by atoms with van der Waals surface area (Å²) in [5, 5.41) is 11.7. The van der Waals surface area contributed by atoms with Crippen LogP contribution in [0.15, 0.2) is 55.1 Å². The van der Waals surface area contributed by atoms with Crippen LogP contribution >= 0.6 is 0 Å². The van der Waals surface area contributed by atoms with Crippen LogP contribution in [-0.4, -0.2) is 71.7 Å². The van der Waals surface area contributed by atoms with Gasteiger partial charge >= 0.3 is 0 Å². The summed E-state index contributed by atoms with van der Waals surface area (Å²) in [5.74, 6) is -0.679. The molecule has 10 nitrogen and oxygen atoms in total. The first-order valence-corrected chi connectivity index (χ1v) is 11.8. The highest BCUT2D eigenvalue weighted by molar-refractivity contribution is 6.00. The van der Waals surface area contributed by atoms with E-state index in [9.17, 15) is 19.7 Å². The second-order valence-electron chi connectivity index (χ2n) is 8.77. The number of nitrogens with zero attached hydrogens (tertiary/aromatic N) is 3. The maximum atomic E-state index is 13.5. The number of para-hydroxylation sites is 1. The fourth-order valence-electron chi connectivity index (χ4n) is 4.40. The van der Waals surface area contributed by atoms with E-state index in [4.69, 9.17) is 14.2 Å². The molecule has 10 heteroatoms. The number of piperidine rings is 1. The number of hydrogen-bond donors (Lipinski definition) is 0. The number of nitro groups is 1. The summed E-state index contributed by atoms with van der Waals surface area (Å²) in [5.41, 5.74) is 0.347. The monoisotopic (exact) mass is 495 g/mol.